The van der Waals surface area contributed by atoms with Crippen molar-refractivity contribution in [2.75, 3.05) is 0 Å². The van der Waals surface area contributed by atoms with E-state index in [0.717, 1.165) is 17.1 Å². The van der Waals surface area contributed by atoms with E-state index in [1.165, 1.54) is 5.56 Å². The summed E-state index contributed by atoms with van der Waals surface area (Å²) in [6.45, 7) is 8.27. The van der Waals surface area contributed by atoms with Gasteiger partial charge in [0, 0.05) is 5.56 Å². The van der Waals surface area contributed by atoms with Crippen molar-refractivity contribution in [2.45, 2.75) is 39.2 Å². The lowest BCUT2D eigenvalue weighted by molar-refractivity contribution is 0.199. The fourth-order valence-electron chi connectivity index (χ4n) is 2.12. The van der Waals surface area contributed by atoms with E-state index in [1.54, 1.807) is 6.92 Å². The molecule has 0 aromatic heterocycles. The Bertz CT molecular complexity index is 563. The number of hydrogen-bond donors (Lipinski definition) is 1. The molecule has 0 amide bonds. The van der Waals surface area contributed by atoms with Gasteiger partial charge in [0.25, 0.3) is 0 Å². The van der Waals surface area contributed by atoms with Crippen molar-refractivity contribution in [1.82, 2.24) is 0 Å². The van der Waals surface area contributed by atoms with Crippen LogP contribution in [0.4, 0.5) is 0 Å². The number of aliphatic hydroxyl groups is 1. The molecule has 0 bridgehead atoms. The monoisotopic (exact) mass is 270 g/mol. The Morgan fingerprint density at radius 3 is 2.10 bits per heavy atom. The molecule has 0 spiro atoms. The quantitative estimate of drug-likeness (QED) is 0.865. The summed E-state index contributed by atoms with van der Waals surface area (Å²) in [7, 11) is 0. The maximum Gasteiger partial charge on any atom is 0.131 e. The molecule has 0 saturated carbocycles. The molecule has 106 valence electrons. The zero-order chi connectivity index (χ0) is 14.8. The number of benzene rings is 2. The van der Waals surface area contributed by atoms with Gasteiger partial charge in [-0.1, -0.05) is 51.1 Å². The van der Waals surface area contributed by atoms with Gasteiger partial charge in [-0.2, -0.15) is 0 Å². The summed E-state index contributed by atoms with van der Waals surface area (Å²) in [5.41, 5.74) is 2.11. The largest absolute Gasteiger partial charge is 0.457 e. The maximum absolute atomic E-state index is 9.51. The van der Waals surface area contributed by atoms with Gasteiger partial charge in [0.15, 0.2) is 0 Å². The molecule has 0 fully saturated rings. The molecule has 20 heavy (non-hydrogen) atoms. The molecule has 0 aliphatic heterocycles. The molecule has 2 nitrogen and oxygen atoms in total. The van der Waals surface area contributed by atoms with Gasteiger partial charge in [0.1, 0.15) is 11.5 Å². The molecule has 0 saturated heterocycles. The van der Waals surface area contributed by atoms with Crippen molar-refractivity contribution in [2.24, 2.45) is 0 Å². The lowest BCUT2D eigenvalue weighted by Gasteiger charge is -2.22. The van der Waals surface area contributed by atoms with Crippen molar-refractivity contribution in [3.8, 4) is 11.5 Å². The lowest BCUT2D eigenvalue weighted by atomic mass is 9.86. The highest BCUT2D eigenvalue weighted by Crippen LogP contribution is 2.34. The molecule has 0 radical (unpaired) electrons. The molecule has 0 heterocycles. The van der Waals surface area contributed by atoms with E-state index in [9.17, 15) is 5.11 Å². The van der Waals surface area contributed by atoms with Crippen LogP contribution < -0.4 is 4.74 Å². The summed E-state index contributed by atoms with van der Waals surface area (Å²) in [5.74, 6) is 1.66. The molecule has 2 aromatic rings. The predicted octanol–water partition coefficient (Wildman–Crippen LogP) is 4.83. The molecule has 0 aliphatic carbocycles. The van der Waals surface area contributed by atoms with Crippen LogP contribution in [0.2, 0.25) is 0 Å². The number of hydrogen-bond acceptors (Lipinski definition) is 2. The van der Waals surface area contributed by atoms with Crippen molar-refractivity contribution in [1.29, 1.82) is 0 Å². The first kappa shape index (κ1) is 14.6. The Balaban J connectivity index is 2.26. The van der Waals surface area contributed by atoms with Crippen LogP contribution in [-0.2, 0) is 5.41 Å². The number of ether oxygens (including phenoxy) is 1. The Morgan fingerprint density at radius 2 is 1.55 bits per heavy atom. The van der Waals surface area contributed by atoms with Gasteiger partial charge in [-0.05, 0) is 36.1 Å². The van der Waals surface area contributed by atoms with E-state index < -0.39 is 6.10 Å². The average molecular weight is 270 g/mol. The SMILES string of the molecule is C[C@@H](O)c1ccc(Oc2ccccc2C(C)(C)C)cc1. The molecular weight excluding hydrogens is 248 g/mol. The minimum Gasteiger partial charge on any atom is -0.457 e. The summed E-state index contributed by atoms with van der Waals surface area (Å²) in [5, 5.41) is 9.51. The second-order valence-electron chi connectivity index (χ2n) is 6.09. The Hall–Kier alpha value is -1.80. The van der Waals surface area contributed by atoms with E-state index >= 15 is 0 Å². The fourth-order valence-corrected chi connectivity index (χ4v) is 2.12. The Kier molecular flexibility index (Phi) is 4.15. The van der Waals surface area contributed by atoms with Crippen LogP contribution in [-0.4, -0.2) is 5.11 Å². The van der Waals surface area contributed by atoms with E-state index in [-0.39, 0.29) is 5.41 Å². The highest BCUT2D eigenvalue weighted by Gasteiger charge is 2.18. The molecule has 1 N–H and O–H groups in total. The Labute approximate surface area is 121 Å². The molecule has 2 rings (SSSR count). The van der Waals surface area contributed by atoms with E-state index in [4.69, 9.17) is 4.74 Å². The zero-order valence-electron chi connectivity index (χ0n) is 12.6. The van der Waals surface area contributed by atoms with Gasteiger partial charge in [0.05, 0.1) is 6.10 Å². The highest BCUT2D eigenvalue weighted by atomic mass is 16.5. The standard InChI is InChI=1S/C18H22O2/c1-13(19)14-9-11-15(12-10-14)20-17-8-6-5-7-16(17)18(2,3)4/h5-13,19H,1-4H3/t13-/m1/s1. The zero-order valence-corrected chi connectivity index (χ0v) is 12.6. The van der Waals surface area contributed by atoms with Crippen molar-refractivity contribution < 1.29 is 9.84 Å². The Morgan fingerprint density at radius 1 is 0.950 bits per heavy atom. The number of para-hydroxylation sites is 1. The number of rotatable bonds is 3. The molecule has 1 atom stereocenters. The van der Waals surface area contributed by atoms with Crippen LogP contribution in [0.5, 0.6) is 11.5 Å². The van der Waals surface area contributed by atoms with Gasteiger partial charge < -0.3 is 9.84 Å². The summed E-state index contributed by atoms with van der Waals surface area (Å²) >= 11 is 0. The van der Waals surface area contributed by atoms with Crippen LogP contribution >= 0.6 is 0 Å². The fraction of sp³-hybridized carbons (Fsp3) is 0.333. The van der Waals surface area contributed by atoms with Crippen molar-refractivity contribution >= 4 is 0 Å². The van der Waals surface area contributed by atoms with E-state index in [0.29, 0.717) is 0 Å². The first-order valence-electron chi connectivity index (χ1n) is 6.93. The highest BCUT2D eigenvalue weighted by molar-refractivity contribution is 5.42. The van der Waals surface area contributed by atoms with Crippen LogP contribution in [0, 0.1) is 0 Å². The molecule has 0 aliphatic rings. The van der Waals surface area contributed by atoms with Crippen LogP contribution in [0.1, 0.15) is 44.9 Å². The molecule has 0 unspecified atom stereocenters. The second-order valence-corrected chi connectivity index (χ2v) is 6.09. The first-order chi connectivity index (χ1) is 9.38. The van der Waals surface area contributed by atoms with E-state index in [1.807, 2.05) is 42.5 Å². The third kappa shape index (κ3) is 3.40. The minimum atomic E-state index is -0.453. The van der Waals surface area contributed by atoms with Gasteiger partial charge >= 0.3 is 0 Å². The predicted molar refractivity (Wildman–Crippen MR) is 82.3 cm³/mol. The number of aliphatic hydroxyl groups excluding tert-OH is 1. The first-order valence-corrected chi connectivity index (χ1v) is 6.93. The summed E-state index contributed by atoms with van der Waals surface area (Å²) in [6, 6.07) is 15.7. The van der Waals surface area contributed by atoms with Crippen LogP contribution in [0.3, 0.4) is 0 Å². The molecule has 2 heteroatoms. The smallest absolute Gasteiger partial charge is 0.131 e. The van der Waals surface area contributed by atoms with Gasteiger partial charge in [-0.25, -0.2) is 0 Å². The van der Waals surface area contributed by atoms with Crippen LogP contribution in [0.15, 0.2) is 48.5 Å². The summed E-state index contributed by atoms with van der Waals surface area (Å²) < 4.78 is 5.99. The average Bonchev–Trinajstić information content (AvgIpc) is 2.38. The molecule has 2 aromatic carbocycles. The second kappa shape index (κ2) is 5.68. The van der Waals surface area contributed by atoms with E-state index in [2.05, 4.69) is 26.8 Å². The third-order valence-corrected chi connectivity index (χ3v) is 3.29. The maximum atomic E-state index is 9.51. The lowest BCUT2D eigenvalue weighted by Crippen LogP contribution is -2.12. The summed E-state index contributed by atoms with van der Waals surface area (Å²) in [6.07, 6.45) is -0.453. The molecular formula is C18H22O2. The van der Waals surface area contributed by atoms with Gasteiger partial charge in [0.2, 0.25) is 0 Å². The van der Waals surface area contributed by atoms with Gasteiger partial charge in [-0.15, -0.1) is 0 Å². The minimum absolute atomic E-state index is 0.0378. The van der Waals surface area contributed by atoms with Crippen molar-refractivity contribution in [3.63, 3.8) is 0 Å². The normalized spacial score (nSPS) is 13.1. The topological polar surface area (TPSA) is 29.5 Å². The van der Waals surface area contributed by atoms with Crippen molar-refractivity contribution in [3.05, 3.63) is 59.7 Å². The summed E-state index contributed by atoms with van der Waals surface area (Å²) in [4.78, 5) is 0. The van der Waals surface area contributed by atoms with Crippen LogP contribution in [0.25, 0.3) is 0 Å². The third-order valence-electron chi connectivity index (χ3n) is 3.29. The van der Waals surface area contributed by atoms with Gasteiger partial charge in [-0.3, -0.25) is 0 Å².